The molecule has 22 heavy (non-hydrogen) atoms. The molecule has 4 heteroatoms. The highest BCUT2D eigenvalue weighted by Crippen LogP contribution is 2.33. The van der Waals surface area contributed by atoms with Crippen LogP contribution < -0.4 is 5.73 Å². The molecule has 3 N–H and O–H groups in total. The van der Waals surface area contributed by atoms with Gasteiger partial charge in [-0.3, -0.25) is 4.79 Å². The molecule has 0 spiro atoms. The van der Waals surface area contributed by atoms with Crippen LogP contribution in [0.5, 0.6) is 0 Å². The second kappa shape index (κ2) is 10.2. The molecule has 0 saturated carbocycles. The quantitative estimate of drug-likeness (QED) is 0.424. The Kier molecular flexibility index (Phi) is 9.50. The van der Waals surface area contributed by atoms with E-state index in [-0.39, 0.29) is 11.8 Å². The predicted octanol–water partition coefficient (Wildman–Crippen LogP) is 3.91. The van der Waals surface area contributed by atoms with Gasteiger partial charge in [-0.1, -0.05) is 45.6 Å². The Labute approximate surface area is 135 Å². The van der Waals surface area contributed by atoms with Crippen LogP contribution in [-0.4, -0.2) is 29.1 Å². The zero-order valence-corrected chi connectivity index (χ0v) is 14.4. The zero-order chi connectivity index (χ0) is 17.2. The van der Waals surface area contributed by atoms with Gasteiger partial charge in [-0.2, -0.15) is 0 Å². The SMILES string of the molecule is C=C(C)N(CCCCCC(=O)O)C(=C)C(C)(C)C/C=C\CN. The van der Waals surface area contributed by atoms with E-state index in [1.165, 1.54) is 0 Å². The summed E-state index contributed by atoms with van der Waals surface area (Å²) in [7, 11) is 0. The number of allylic oxidation sites excluding steroid dienone is 3. The first-order valence-electron chi connectivity index (χ1n) is 7.91. The molecule has 0 rings (SSSR count). The number of carbonyl (C=O) groups is 1. The van der Waals surface area contributed by atoms with Crippen molar-refractivity contribution in [3.63, 3.8) is 0 Å². The molecule has 0 atom stereocenters. The van der Waals surface area contributed by atoms with Crippen LogP contribution in [0.25, 0.3) is 0 Å². The topological polar surface area (TPSA) is 66.6 Å². The minimum Gasteiger partial charge on any atom is -0.481 e. The number of carboxylic acids is 1. The molecule has 0 aromatic carbocycles. The van der Waals surface area contributed by atoms with Crippen molar-refractivity contribution in [3.05, 3.63) is 36.7 Å². The summed E-state index contributed by atoms with van der Waals surface area (Å²) >= 11 is 0. The van der Waals surface area contributed by atoms with Crippen LogP contribution in [0.15, 0.2) is 36.7 Å². The Bertz CT molecular complexity index is 411. The highest BCUT2D eigenvalue weighted by Gasteiger charge is 2.25. The van der Waals surface area contributed by atoms with Crippen molar-refractivity contribution in [1.29, 1.82) is 0 Å². The lowest BCUT2D eigenvalue weighted by molar-refractivity contribution is -0.137. The standard InChI is InChI=1S/C18H32N2O2/c1-15(2)20(14-10-6-7-11-17(21)22)16(3)18(4,5)12-8-9-13-19/h8-9H,1,3,6-7,10-14,19H2,2,4-5H3,(H,21,22)/b9-8-. The van der Waals surface area contributed by atoms with Crippen molar-refractivity contribution in [2.75, 3.05) is 13.1 Å². The van der Waals surface area contributed by atoms with E-state index in [1.54, 1.807) is 0 Å². The Hall–Kier alpha value is -1.55. The maximum Gasteiger partial charge on any atom is 0.303 e. The molecule has 4 nitrogen and oxygen atoms in total. The van der Waals surface area contributed by atoms with Crippen LogP contribution in [0.2, 0.25) is 0 Å². The highest BCUT2D eigenvalue weighted by atomic mass is 16.4. The summed E-state index contributed by atoms with van der Waals surface area (Å²) in [4.78, 5) is 12.7. The maximum absolute atomic E-state index is 10.5. The average molecular weight is 308 g/mol. The van der Waals surface area contributed by atoms with Crippen molar-refractivity contribution in [2.45, 2.75) is 52.9 Å². The molecule has 0 aliphatic carbocycles. The number of hydrogen-bond acceptors (Lipinski definition) is 3. The van der Waals surface area contributed by atoms with Gasteiger partial charge in [-0.05, 0) is 26.2 Å². The molecule has 0 radical (unpaired) electrons. The average Bonchev–Trinajstić information content (AvgIpc) is 2.41. The molecule has 0 amide bonds. The molecule has 0 aliphatic heterocycles. The van der Waals surface area contributed by atoms with Gasteiger partial charge in [-0.15, -0.1) is 0 Å². The largest absolute Gasteiger partial charge is 0.481 e. The third kappa shape index (κ3) is 8.03. The van der Waals surface area contributed by atoms with Crippen LogP contribution in [0.1, 0.15) is 52.9 Å². The minimum absolute atomic E-state index is 0.0638. The van der Waals surface area contributed by atoms with Crippen molar-refractivity contribution in [2.24, 2.45) is 11.1 Å². The monoisotopic (exact) mass is 308 g/mol. The Morgan fingerprint density at radius 1 is 1.23 bits per heavy atom. The first-order chi connectivity index (χ1) is 10.2. The molecular weight excluding hydrogens is 276 g/mol. The lowest BCUT2D eigenvalue weighted by Crippen LogP contribution is -2.30. The van der Waals surface area contributed by atoms with E-state index in [0.717, 1.165) is 37.2 Å². The number of unbranched alkanes of at least 4 members (excludes halogenated alkanes) is 2. The van der Waals surface area contributed by atoms with Crippen LogP contribution in [0.3, 0.4) is 0 Å². The van der Waals surface area contributed by atoms with Gasteiger partial charge in [0.1, 0.15) is 0 Å². The minimum atomic E-state index is -0.728. The second-order valence-corrected chi connectivity index (χ2v) is 6.33. The molecule has 0 bridgehead atoms. The van der Waals surface area contributed by atoms with Crippen molar-refractivity contribution in [3.8, 4) is 0 Å². The fourth-order valence-corrected chi connectivity index (χ4v) is 2.24. The van der Waals surface area contributed by atoms with Gasteiger partial charge in [0.05, 0.1) is 0 Å². The molecule has 0 aliphatic rings. The number of aliphatic carboxylic acids is 1. The number of hydrogen-bond donors (Lipinski definition) is 2. The van der Waals surface area contributed by atoms with Crippen LogP contribution in [-0.2, 0) is 4.79 Å². The number of nitrogens with two attached hydrogens (primary N) is 1. The predicted molar refractivity (Wildman–Crippen MR) is 93.4 cm³/mol. The third-order valence-corrected chi connectivity index (χ3v) is 3.77. The van der Waals surface area contributed by atoms with Crippen LogP contribution in [0, 0.1) is 5.41 Å². The van der Waals surface area contributed by atoms with Gasteiger partial charge >= 0.3 is 5.97 Å². The fraction of sp³-hybridized carbons (Fsp3) is 0.611. The van der Waals surface area contributed by atoms with Gasteiger partial charge in [-0.25, -0.2) is 0 Å². The molecule has 126 valence electrons. The molecule has 0 aromatic rings. The van der Waals surface area contributed by atoms with E-state index in [2.05, 4.69) is 38.0 Å². The van der Waals surface area contributed by atoms with Gasteiger partial charge < -0.3 is 15.7 Å². The smallest absolute Gasteiger partial charge is 0.303 e. The third-order valence-electron chi connectivity index (χ3n) is 3.77. The van der Waals surface area contributed by atoms with Crippen molar-refractivity contribution in [1.82, 2.24) is 4.90 Å². The van der Waals surface area contributed by atoms with Gasteiger partial charge in [0.2, 0.25) is 0 Å². The van der Waals surface area contributed by atoms with Gasteiger partial charge in [0, 0.05) is 36.3 Å². The van der Waals surface area contributed by atoms with E-state index in [4.69, 9.17) is 10.8 Å². The summed E-state index contributed by atoms with van der Waals surface area (Å²) in [5.41, 5.74) is 7.43. The number of carboxylic acid groups (broad SMARTS) is 1. The van der Waals surface area contributed by atoms with Gasteiger partial charge in [0.25, 0.3) is 0 Å². The Morgan fingerprint density at radius 3 is 2.36 bits per heavy atom. The van der Waals surface area contributed by atoms with E-state index in [0.29, 0.717) is 13.0 Å². The molecular formula is C18H32N2O2. The molecule has 0 heterocycles. The zero-order valence-electron chi connectivity index (χ0n) is 14.4. The Morgan fingerprint density at radius 2 is 1.86 bits per heavy atom. The molecule has 0 saturated heterocycles. The first kappa shape index (κ1) is 20.5. The normalized spacial score (nSPS) is 11.6. The lowest BCUT2D eigenvalue weighted by atomic mass is 9.84. The summed E-state index contributed by atoms with van der Waals surface area (Å²) < 4.78 is 0. The van der Waals surface area contributed by atoms with E-state index >= 15 is 0 Å². The number of nitrogens with zero attached hydrogens (tertiary/aromatic N) is 1. The van der Waals surface area contributed by atoms with Gasteiger partial charge in [0.15, 0.2) is 0 Å². The summed E-state index contributed by atoms with van der Waals surface area (Å²) in [6, 6.07) is 0. The second-order valence-electron chi connectivity index (χ2n) is 6.33. The number of rotatable bonds is 12. The summed E-state index contributed by atoms with van der Waals surface area (Å²) in [6.07, 6.45) is 7.73. The fourth-order valence-electron chi connectivity index (χ4n) is 2.24. The maximum atomic E-state index is 10.5. The first-order valence-corrected chi connectivity index (χ1v) is 7.91. The molecule has 0 unspecified atom stereocenters. The summed E-state index contributed by atoms with van der Waals surface area (Å²) in [5, 5.41) is 8.65. The highest BCUT2D eigenvalue weighted by molar-refractivity contribution is 5.66. The van der Waals surface area contributed by atoms with E-state index in [1.807, 2.05) is 13.0 Å². The van der Waals surface area contributed by atoms with E-state index < -0.39 is 5.97 Å². The van der Waals surface area contributed by atoms with Crippen molar-refractivity contribution >= 4 is 5.97 Å². The molecule has 0 fully saturated rings. The lowest BCUT2D eigenvalue weighted by Gasteiger charge is -2.36. The van der Waals surface area contributed by atoms with Crippen molar-refractivity contribution < 1.29 is 9.90 Å². The van der Waals surface area contributed by atoms with Crippen LogP contribution in [0.4, 0.5) is 0 Å². The Balaban J connectivity index is 4.53. The van der Waals surface area contributed by atoms with E-state index in [9.17, 15) is 4.79 Å². The summed E-state index contributed by atoms with van der Waals surface area (Å²) in [5.74, 6) is -0.728. The van der Waals surface area contributed by atoms with Crippen LogP contribution >= 0.6 is 0 Å². The summed E-state index contributed by atoms with van der Waals surface area (Å²) in [6.45, 7) is 16.0. The molecule has 0 aromatic heterocycles.